The van der Waals surface area contributed by atoms with Gasteiger partial charge in [-0.1, -0.05) is 24.6 Å². The number of sulfonamides is 1. The molecular weight excluding hydrogens is 272 g/mol. The first-order chi connectivity index (χ1) is 9.48. The first-order valence-electron chi connectivity index (χ1n) is 7.24. The van der Waals surface area contributed by atoms with Gasteiger partial charge in [0.05, 0.1) is 4.90 Å². The SMILES string of the molecule is CNCc1ccccc1S(=O)(=O)N1C(C)CCCC1C. The number of piperidine rings is 1. The molecule has 1 aliphatic rings. The summed E-state index contributed by atoms with van der Waals surface area (Å²) >= 11 is 0. The van der Waals surface area contributed by atoms with Crippen LogP contribution in [-0.2, 0) is 16.6 Å². The van der Waals surface area contributed by atoms with Gasteiger partial charge in [0, 0.05) is 18.6 Å². The van der Waals surface area contributed by atoms with E-state index in [0.29, 0.717) is 11.4 Å². The Hall–Kier alpha value is -0.910. The summed E-state index contributed by atoms with van der Waals surface area (Å²) in [6.07, 6.45) is 2.99. The second-order valence-corrected chi connectivity index (χ2v) is 7.41. The molecule has 2 atom stereocenters. The highest BCUT2D eigenvalue weighted by atomic mass is 32.2. The lowest BCUT2D eigenvalue weighted by atomic mass is 10.0. The third-order valence-electron chi connectivity index (χ3n) is 4.01. The molecule has 0 saturated carbocycles. The zero-order valence-electron chi connectivity index (χ0n) is 12.5. The molecule has 2 unspecified atom stereocenters. The molecule has 0 radical (unpaired) electrons. The zero-order chi connectivity index (χ0) is 14.8. The van der Waals surface area contributed by atoms with Gasteiger partial charge in [-0.25, -0.2) is 8.42 Å². The van der Waals surface area contributed by atoms with Crippen molar-refractivity contribution in [3.63, 3.8) is 0 Å². The summed E-state index contributed by atoms with van der Waals surface area (Å²) in [4.78, 5) is 0.440. The molecule has 1 aromatic rings. The second kappa shape index (κ2) is 6.24. The van der Waals surface area contributed by atoms with Crippen molar-refractivity contribution in [1.82, 2.24) is 9.62 Å². The van der Waals surface area contributed by atoms with Gasteiger partial charge in [0.25, 0.3) is 0 Å². The van der Waals surface area contributed by atoms with Gasteiger partial charge in [-0.2, -0.15) is 4.31 Å². The highest BCUT2D eigenvalue weighted by Gasteiger charge is 2.36. The lowest BCUT2D eigenvalue weighted by Gasteiger charge is -2.38. The van der Waals surface area contributed by atoms with Crippen LogP contribution in [0.3, 0.4) is 0 Å². The quantitative estimate of drug-likeness (QED) is 0.928. The molecule has 112 valence electrons. The predicted octanol–water partition coefficient (Wildman–Crippen LogP) is 2.36. The zero-order valence-corrected chi connectivity index (χ0v) is 13.3. The molecule has 0 amide bonds. The Morgan fingerprint density at radius 2 is 1.80 bits per heavy atom. The van der Waals surface area contributed by atoms with Crippen molar-refractivity contribution in [2.45, 2.75) is 56.6 Å². The number of nitrogens with one attached hydrogen (secondary N) is 1. The van der Waals surface area contributed by atoms with E-state index in [1.54, 1.807) is 16.4 Å². The van der Waals surface area contributed by atoms with Gasteiger partial charge in [0.15, 0.2) is 0 Å². The minimum atomic E-state index is -3.42. The number of rotatable bonds is 4. The fourth-order valence-corrected chi connectivity index (χ4v) is 5.18. The van der Waals surface area contributed by atoms with Crippen molar-refractivity contribution < 1.29 is 8.42 Å². The Labute approximate surface area is 122 Å². The van der Waals surface area contributed by atoms with Crippen molar-refractivity contribution in [1.29, 1.82) is 0 Å². The lowest BCUT2D eigenvalue weighted by Crippen LogP contribution is -2.47. The molecule has 0 aromatic heterocycles. The Balaban J connectivity index is 2.44. The Morgan fingerprint density at radius 3 is 2.40 bits per heavy atom. The third kappa shape index (κ3) is 2.90. The van der Waals surface area contributed by atoms with Crippen LogP contribution in [0.15, 0.2) is 29.2 Å². The molecule has 5 heteroatoms. The summed E-state index contributed by atoms with van der Waals surface area (Å²) in [6.45, 7) is 4.58. The summed E-state index contributed by atoms with van der Waals surface area (Å²) in [5.74, 6) is 0. The van der Waals surface area contributed by atoms with Crippen LogP contribution < -0.4 is 5.32 Å². The highest BCUT2D eigenvalue weighted by Crippen LogP contribution is 2.30. The van der Waals surface area contributed by atoms with Gasteiger partial charge in [0.2, 0.25) is 10.0 Å². The van der Waals surface area contributed by atoms with Crippen LogP contribution in [0.5, 0.6) is 0 Å². The molecule has 2 rings (SSSR count). The monoisotopic (exact) mass is 296 g/mol. The summed E-state index contributed by atoms with van der Waals surface area (Å²) in [7, 11) is -1.59. The molecule has 0 aliphatic carbocycles. The van der Waals surface area contributed by atoms with Crippen LogP contribution in [0, 0.1) is 0 Å². The maximum absolute atomic E-state index is 13.0. The molecule has 4 nitrogen and oxygen atoms in total. The number of hydrogen-bond acceptors (Lipinski definition) is 3. The van der Waals surface area contributed by atoms with Gasteiger partial charge in [-0.3, -0.25) is 0 Å². The van der Waals surface area contributed by atoms with E-state index < -0.39 is 10.0 Å². The minimum Gasteiger partial charge on any atom is -0.316 e. The van der Waals surface area contributed by atoms with E-state index in [9.17, 15) is 8.42 Å². The molecule has 1 saturated heterocycles. The largest absolute Gasteiger partial charge is 0.316 e. The van der Waals surface area contributed by atoms with Crippen LogP contribution in [-0.4, -0.2) is 31.9 Å². The second-order valence-electron chi connectivity index (χ2n) is 5.60. The fourth-order valence-electron chi connectivity index (χ4n) is 3.08. The van der Waals surface area contributed by atoms with Crippen molar-refractivity contribution in [3.05, 3.63) is 29.8 Å². The molecule has 1 N–H and O–H groups in total. The van der Waals surface area contributed by atoms with Gasteiger partial charge >= 0.3 is 0 Å². The van der Waals surface area contributed by atoms with E-state index in [0.717, 1.165) is 24.8 Å². The van der Waals surface area contributed by atoms with Gasteiger partial charge < -0.3 is 5.32 Å². The van der Waals surface area contributed by atoms with E-state index >= 15 is 0 Å². The molecule has 0 bridgehead atoms. The van der Waals surface area contributed by atoms with Gasteiger partial charge in [-0.05, 0) is 45.4 Å². The fraction of sp³-hybridized carbons (Fsp3) is 0.600. The van der Waals surface area contributed by atoms with E-state index in [1.165, 1.54) is 0 Å². The van der Waals surface area contributed by atoms with Crippen molar-refractivity contribution in [2.24, 2.45) is 0 Å². The van der Waals surface area contributed by atoms with Crippen molar-refractivity contribution >= 4 is 10.0 Å². The van der Waals surface area contributed by atoms with E-state index in [2.05, 4.69) is 5.32 Å². The molecular formula is C15H24N2O2S. The standard InChI is InChI=1S/C15H24N2O2S/c1-12-7-6-8-13(2)17(12)20(18,19)15-10-5-4-9-14(15)11-16-3/h4-5,9-10,12-13,16H,6-8,11H2,1-3H3. The molecule has 1 heterocycles. The lowest BCUT2D eigenvalue weighted by molar-refractivity contribution is 0.204. The molecule has 1 fully saturated rings. The van der Waals surface area contributed by atoms with Crippen LogP contribution in [0.1, 0.15) is 38.7 Å². The molecule has 20 heavy (non-hydrogen) atoms. The highest BCUT2D eigenvalue weighted by molar-refractivity contribution is 7.89. The number of benzene rings is 1. The maximum atomic E-state index is 13.0. The summed E-state index contributed by atoms with van der Waals surface area (Å²) in [6, 6.07) is 7.43. The molecule has 1 aromatic carbocycles. The van der Waals surface area contributed by atoms with Crippen LogP contribution in [0.25, 0.3) is 0 Å². The van der Waals surface area contributed by atoms with Gasteiger partial charge in [0.1, 0.15) is 0 Å². The Kier molecular flexibility index (Phi) is 4.83. The van der Waals surface area contributed by atoms with Crippen molar-refractivity contribution in [3.8, 4) is 0 Å². The van der Waals surface area contributed by atoms with Crippen LogP contribution in [0.2, 0.25) is 0 Å². The van der Waals surface area contributed by atoms with E-state index in [-0.39, 0.29) is 12.1 Å². The Morgan fingerprint density at radius 1 is 1.20 bits per heavy atom. The summed E-state index contributed by atoms with van der Waals surface area (Å²) in [5.41, 5.74) is 0.833. The third-order valence-corrected chi connectivity index (χ3v) is 6.24. The minimum absolute atomic E-state index is 0.0754. The van der Waals surface area contributed by atoms with Crippen LogP contribution in [0.4, 0.5) is 0 Å². The van der Waals surface area contributed by atoms with Gasteiger partial charge in [-0.15, -0.1) is 0 Å². The average Bonchev–Trinajstić information content (AvgIpc) is 2.39. The smallest absolute Gasteiger partial charge is 0.243 e. The normalized spacial score (nSPS) is 24.8. The van der Waals surface area contributed by atoms with E-state index in [4.69, 9.17) is 0 Å². The van der Waals surface area contributed by atoms with E-state index in [1.807, 2.05) is 33.0 Å². The summed E-state index contributed by atoms with van der Waals surface area (Å²) < 4.78 is 27.7. The average molecular weight is 296 g/mol. The first kappa shape index (κ1) is 15.5. The molecule has 1 aliphatic heterocycles. The number of hydrogen-bond donors (Lipinski definition) is 1. The Bertz CT molecular complexity index is 547. The topological polar surface area (TPSA) is 49.4 Å². The first-order valence-corrected chi connectivity index (χ1v) is 8.68. The van der Waals surface area contributed by atoms with Crippen LogP contribution >= 0.6 is 0 Å². The summed E-state index contributed by atoms with van der Waals surface area (Å²) in [5, 5.41) is 3.04. The predicted molar refractivity (Wildman–Crippen MR) is 81.0 cm³/mol. The van der Waals surface area contributed by atoms with Crippen molar-refractivity contribution in [2.75, 3.05) is 7.05 Å². The molecule has 0 spiro atoms. The number of nitrogens with zero attached hydrogens (tertiary/aromatic N) is 1. The maximum Gasteiger partial charge on any atom is 0.243 e.